The lowest BCUT2D eigenvalue weighted by molar-refractivity contribution is -0.136. The summed E-state index contributed by atoms with van der Waals surface area (Å²) in [4.78, 5) is 13.7. The van der Waals surface area contributed by atoms with E-state index in [2.05, 4.69) is 42.5 Å². The minimum Gasteiger partial charge on any atom is -0.463 e. The highest BCUT2D eigenvalue weighted by molar-refractivity contribution is 8.08. The molecule has 0 amide bonds. The highest BCUT2D eigenvalue weighted by Crippen LogP contribution is 2.31. The van der Waals surface area contributed by atoms with E-state index < -0.39 is 0 Å². The first-order valence-electron chi connectivity index (χ1n) is 7.90. The molecule has 4 heteroatoms. The molecule has 2 nitrogen and oxygen atoms in total. The summed E-state index contributed by atoms with van der Waals surface area (Å²) in [6.45, 7) is 2.25. The molecule has 0 saturated carbocycles. The molecule has 1 aliphatic heterocycles. The van der Waals surface area contributed by atoms with Crippen LogP contribution in [0.3, 0.4) is 0 Å². The smallest absolute Gasteiger partial charge is 0.336 e. The van der Waals surface area contributed by atoms with Crippen LogP contribution in [0.4, 0.5) is 0 Å². The van der Waals surface area contributed by atoms with Crippen LogP contribution in [-0.2, 0) is 9.53 Å². The molecule has 3 aromatic rings. The third kappa shape index (κ3) is 2.56. The van der Waals surface area contributed by atoms with Gasteiger partial charge >= 0.3 is 5.97 Å². The van der Waals surface area contributed by atoms with E-state index in [1.54, 1.807) is 23.1 Å². The van der Waals surface area contributed by atoms with Crippen LogP contribution in [0.1, 0.15) is 12.5 Å². The maximum Gasteiger partial charge on any atom is 0.336 e. The molecular weight excluding hydrogens is 336 g/mol. The Balaban J connectivity index is 2.13. The van der Waals surface area contributed by atoms with E-state index >= 15 is 0 Å². The van der Waals surface area contributed by atoms with E-state index in [0.29, 0.717) is 12.4 Å². The van der Waals surface area contributed by atoms with Crippen molar-refractivity contribution in [1.29, 1.82) is 0 Å². The molecule has 0 saturated heterocycles. The van der Waals surface area contributed by atoms with Gasteiger partial charge in [0.15, 0.2) is 0 Å². The van der Waals surface area contributed by atoms with Crippen molar-refractivity contribution in [3.8, 4) is 0 Å². The van der Waals surface area contributed by atoms with Gasteiger partial charge in [-0.15, -0.1) is 23.1 Å². The van der Waals surface area contributed by atoms with Crippen LogP contribution in [0.25, 0.3) is 20.6 Å². The largest absolute Gasteiger partial charge is 0.463 e. The minimum atomic E-state index is -0.190. The molecule has 1 aliphatic rings. The Bertz CT molecular complexity index is 1030. The molecule has 2 aromatic carbocycles. The van der Waals surface area contributed by atoms with Gasteiger partial charge in [0.25, 0.3) is 0 Å². The second kappa shape index (κ2) is 6.46. The molecule has 0 N–H and O–H groups in total. The van der Waals surface area contributed by atoms with Crippen LogP contribution in [0, 0.1) is 0 Å². The summed E-state index contributed by atoms with van der Waals surface area (Å²) in [6, 6.07) is 18.8. The monoisotopic (exact) mass is 352 g/mol. The van der Waals surface area contributed by atoms with E-state index in [0.717, 1.165) is 10.1 Å². The molecule has 0 aliphatic carbocycles. The molecule has 4 rings (SSSR count). The quantitative estimate of drug-likeness (QED) is 0.675. The number of fused-ring (bicyclic) bond motifs is 3. The number of carbonyl (C=O) groups is 1. The number of carbonyl (C=O) groups excluding carboxylic acids is 1. The number of benzene rings is 2. The molecule has 0 unspecified atom stereocenters. The van der Waals surface area contributed by atoms with Gasteiger partial charge in [0.1, 0.15) is 0 Å². The van der Waals surface area contributed by atoms with Crippen molar-refractivity contribution in [3.63, 3.8) is 0 Å². The number of esters is 1. The fourth-order valence-electron chi connectivity index (χ4n) is 2.95. The first-order valence-corrected chi connectivity index (χ1v) is 9.70. The highest BCUT2D eigenvalue weighted by Gasteiger charge is 2.22. The summed E-state index contributed by atoms with van der Waals surface area (Å²) < 4.78 is 7.55. The number of thioether (sulfide) groups is 1. The van der Waals surface area contributed by atoms with Crippen LogP contribution in [0.5, 0.6) is 0 Å². The topological polar surface area (TPSA) is 26.3 Å². The predicted molar refractivity (Wildman–Crippen MR) is 103 cm³/mol. The zero-order valence-corrected chi connectivity index (χ0v) is 14.9. The third-order valence-electron chi connectivity index (χ3n) is 4.02. The zero-order chi connectivity index (χ0) is 16.5. The molecular formula is C20H16O2S2. The summed E-state index contributed by atoms with van der Waals surface area (Å²) in [5.41, 5.74) is 1.99. The molecule has 0 fully saturated rings. The number of hydrogen-bond acceptors (Lipinski definition) is 4. The van der Waals surface area contributed by atoms with Crippen molar-refractivity contribution in [1.82, 2.24) is 0 Å². The van der Waals surface area contributed by atoms with Gasteiger partial charge in [-0.05, 0) is 18.6 Å². The van der Waals surface area contributed by atoms with Crippen molar-refractivity contribution in [2.45, 2.75) is 6.92 Å². The van der Waals surface area contributed by atoms with Crippen LogP contribution < -0.4 is 9.75 Å². The summed E-state index contributed by atoms with van der Waals surface area (Å²) in [6.07, 6.45) is 0. The molecule has 0 atom stereocenters. The maximum atomic E-state index is 12.4. The van der Waals surface area contributed by atoms with Crippen LogP contribution in [0.15, 0.2) is 54.6 Å². The SMILES string of the molecule is CCOC(=O)C1=c2sc3ccccc3c2=C(c2ccccc2)SC1. The first kappa shape index (κ1) is 15.5. The second-order valence-electron chi connectivity index (χ2n) is 5.49. The maximum absolute atomic E-state index is 12.4. The van der Waals surface area contributed by atoms with Gasteiger partial charge in [-0.1, -0.05) is 48.5 Å². The van der Waals surface area contributed by atoms with Gasteiger partial charge in [0, 0.05) is 30.5 Å². The lowest BCUT2D eigenvalue weighted by atomic mass is 10.1. The second-order valence-corrected chi connectivity index (χ2v) is 7.52. The minimum absolute atomic E-state index is 0.190. The van der Waals surface area contributed by atoms with Gasteiger partial charge in [0.2, 0.25) is 0 Å². The van der Waals surface area contributed by atoms with Gasteiger partial charge < -0.3 is 4.74 Å². The van der Waals surface area contributed by atoms with Gasteiger partial charge in [-0.2, -0.15) is 0 Å². The normalized spacial score (nSPS) is 13.9. The Labute approximate surface area is 148 Å². The average Bonchev–Trinajstić information content (AvgIpc) is 3.01. The third-order valence-corrected chi connectivity index (χ3v) is 6.41. The van der Waals surface area contributed by atoms with Crippen molar-refractivity contribution in [3.05, 3.63) is 69.9 Å². The Morgan fingerprint density at radius 1 is 1.08 bits per heavy atom. The van der Waals surface area contributed by atoms with Crippen molar-refractivity contribution in [2.24, 2.45) is 0 Å². The number of thiophene rings is 1. The van der Waals surface area contributed by atoms with E-state index in [9.17, 15) is 4.79 Å². The summed E-state index contributed by atoms with van der Waals surface area (Å²) in [5.74, 6) is 0.466. The van der Waals surface area contributed by atoms with Crippen molar-refractivity contribution >= 4 is 49.6 Å². The molecule has 2 heterocycles. The van der Waals surface area contributed by atoms with E-state index in [4.69, 9.17) is 4.74 Å². The molecule has 0 bridgehead atoms. The molecule has 0 radical (unpaired) electrons. The van der Waals surface area contributed by atoms with Gasteiger partial charge in [0.05, 0.1) is 12.2 Å². The van der Waals surface area contributed by atoms with Crippen molar-refractivity contribution < 1.29 is 9.53 Å². The summed E-state index contributed by atoms with van der Waals surface area (Å²) in [5, 5.41) is 2.39. The Morgan fingerprint density at radius 2 is 1.83 bits per heavy atom. The first-order chi connectivity index (χ1) is 11.8. The highest BCUT2D eigenvalue weighted by atomic mass is 32.2. The summed E-state index contributed by atoms with van der Waals surface area (Å²) >= 11 is 3.41. The Morgan fingerprint density at radius 3 is 2.62 bits per heavy atom. The fourth-order valence-corrected chi connectivity index (χ4v) is 5.56. The van der Waals surface area contributed by atoms with Gasteiger partial charge in [-0.25, -0.2) is 4.79 Å². The lowest BCUT2D eigenvalue weighted by Gasteiger charge is -2.14. The van der Waals surface area contributed by atoms with Crippen molar-refractivity contribution in [2.75, 3.05) is 12.4 Å². The molecule has 0 spiro atoms. The Kier molecular flexibility index (Phi) is 4.17. The standard InChI is InChI=1S/C20H16O2S2/c1-2-22-20(21)15-12-23-18(13-8-4-3-5-9-13)17-14-10-6-7-11-16(14)24-19(15)17/h3-11H,2,12H2,1H3. The van der Waals surface area contributed by atoms with Crippen LogP contribution >= 0.6 is 23.1 Å². The van der Waals surface area contributed by atoms with E-state index in [1.807, 2.05) is 19.1 Å². The number of rotatable bonds is 3. The van der Waals surface area contributed by atoms with E-state index in [-0.39, 0.29) is 5.97 Å². The zero-order valence-electron chi connectivity index (χ0n) is 13.2. The van der Waals surface area contributed by atoms with Crippen LogP contribution in [0.2, 0.25) is 0 Å². The number of ether oxygens (including phenoxy) is 1. The molecule has 1 aromatic heterocycles. The molecule has 120 valence electrons. The fraction of sp³-hybridized carbons (Fsp3) is 0.150. The lowest BCUT2D eigenvalue weighted by Crippen LogP contribution is -2.31. The number of hydrogen-bond donors (Lipinski definition) is 0. The predicted octanol–water partition coefficient (Wildman–Crippen LogP) is 3.52. The average molecular weight is 352 g/mol. The van der Waals surface area contributed by atoms with Crippen LogP contribution in [-0.4, -0.2) is 18.3 Å². The van der Waals surface area contributed by atoms with E-state index in [1.165, 1.54) is 25.8 Å². The molecule has 24 heavy (non-hydrogen) atoms. The Hall–Kier alpha value is -2.04. The van der Waals surface area contributed by atoms with Gasteiger partial charge in [-0.3, -0.25) is 0 Å². The summed E-state index contributed by atoms with van der Waals surface area (Å²) in [7, 11) is 0.